The van der Waals surface area contributed by atoms with Crippen LogP contribution in [0.4, 0.5) is 0 Å². The maximum atomic E-state index is 13.3. The molecule has 1 atom stereocenters. The number of aromatic nitrogens is 1. The standard InChI is InChI=1S/C25H23ClN2O3S/c26-18-4-2-1-3-17(18)24(28-16-6-7-16)21-13-27-23(32-21)12-22(29)25(9-10-25)15-5-8-19-20(11-15)31-14-30-19/h1-5,8,11,13,16,24,28H,6-7,9-10,12,14H2. The predicted octanol–water partition coefficient (Wildman–Crippen LogP) is 5.21. The van der Waals surface area contributed by atoms with Crippen molar-refractivity contribution in [3.63, 3.8) is 0 Å². The second kappa shape index (κ2) is 7.87. The van der Waals surface area contributed by atoms with Crippen molar-refractivity contribution in [2.45, 2.75) is 49.6 Å². The van der Waals surface area contributed by atoms with E-state index in [1.807, 2.05) is 42.6 Å². The molecule has 5 nitrogen and oxygen atoms in total. The molecule has 0 radical (unpaired) electrons. The lowest BCUT2D eigenvalue weighted by atomic mass is 9.89. The van der Waals surface area contributed by atoms with Gasteiger partial charge in [0.1, 0.15) is 10.8 Å². The number of thiazole rings is 1. The molecular weight excluding hydrogens is 444 g/mol. The van der Waals surface area contributed by atoms with E-state index in [4.69, 9.17) is 21.1 Å². The number of carbonyl (C=O) groups excluding carboxylic acids is 1. The van der Waals surface area contributed by atoms with Crippen molar-refractivity contribution in [2.75, 3.05) is 6.79 Å². The molecule has 164 valence electrons. The number of hydrogen-bond donors (Lipinski definition) is 1. The molecule has 0 spiro atoms. The van der Waals surface area contributed by atoms with Gasteiger partial charge in [-0.1, -0.05) is 35.9 Å². The molecule has 32 heavy (non-hydrogen) atoms. The predicted molar refractivity (Wildman–Crippen MR) is 124 cm³/mol. The van der Waals surface area contributed by atoms with Crippen molar-refractivity contribution < 1.29 is 14.3 Å². The highest BCUT2D eigenvalue weighted by Gasteiger charge is 2.51. The molecule has 1 unspecified atom stereocenters. The van der Waals surface area contributed by atoms with Gasteiger partial charge in [0.25, 0.3) is 0 Å². The zero-order chi connectivity index (χ0) is 21.7. The Morgan fingerprint density at radius 2 is 2.00 bits per heavy atom. The van der Waals surface area contributed by atoms with Crippen molar-refractivity contribution >= 4 is 28.7 Å². The van der Waals surface area contributed by atoms with Crippen LogP contribution in [0.3, 0.4) is 0 Å². The molecule has 1 aromatic heterocycles. The van der Waals surface area contributed by atoms with E-state index in [9.17, 15) is 4.79 Å². The molecule has 0 bridgehead atoms. The Hall–Kier alpha value is -2.41. The van der Waals surface area contributed by atoms with Crippen LogP contribution >= 0.6 is 22.9 Å². The fourth-order valence-electron chi connectivity index (χ4n) is 4.41. The fourth-order valence-corrected chi connectivity index (χ4v) is 5.66. The smallest absolute Gasteiger partial charge is 0.231 e. The first kappa shape index (κ1) is 20.2. The Morgan fingerprint density at radius 1 is 1.19 bits per heavy atom. The van der Waals surface area contributed by atoms with Gasteiger partial charge in [-0.2, -0.15) is 0 Å². The monoisotopic (exact) mass is 466 g/mol. The van der Waals surface area contributed by atoms with E-state index < -0.39 is 5.41 Å². The summed E-state index contributed by atoms with van der Waals surface area (Å²) in [6, 6.07) is 14.3. The Bertz CT molecular complexity index is 1190. The fraction of sp³-hybridized carbons (Fsp3) is 0.360. The van der Waals surface area contributed by atoms with E-state index in [-0.39, 0.29) is 18.6 Å². The number of ether oxygens (including phenoxy) is 2. The summed E-state index contributed by atoms with van der Waals surface area (Å²) in [5.74, 6) is 1.70. The summed E-state index contributed by atoms with van der Waals surface area (Å²) in [5.41, 5.74) is 1.66. The highest BCUT2D eigenvalue weighted by Crippen LogP contribution is 2.51. The number of benzene rings is 2. The minimum absolute atomic E-state index is 0.00120. The first-order chi connectivity index (χ1) is 15.6. The molecular formula is C25H23ClN2O3S. The lowest BCUT2D eigenvalue weighted by Crippen LogP contribution is -2.24. The van der Waals surface area contributed by atoms with Gasteiger partial charge in [0, 0.05) is 22.1 Å². The van der Waals surface area contributed by atoms with Gasteiger partial charge in [-0.15, -0.1) is 11.3 Å². The van der Waals surface area contributed by atoms with Crippen molar-refractivity contribution in [1.29, 1.82) is 0 Å². The lowest BCUT2D eigenvalue weighted by Gasteiger charge is -2.18. The van der Waals surface area contributed by atoms with Crippen molar-refractivity contribution in [3.8, 4) is 11.5 Å². The summed E-state index contributed by atoms with van der Waals surface area (Å²) in [5, 5.41) is 5.30. The number of nitrogens with one attached hydrogen (secondary N) is 1. The summed E-state index contributed by atoms with van der Waals surface area (Å²) >= 11 is 8.12. The molecule has 1 N–H and O–H groups in total. The summed E-state index contributed by atoms with van der Waals surface area (Å²) < 4.78 is 10.9. The largest absolute Gasteiger partial charge is 0.454 e. The number of ketones is 1. The van der Waals surface area contributed by atoms with Gasteiger partial charge in [0.05, 0.1) is 17.9 Å². The van der Waals surface area contributed by atoms with Crippen LogP contribution < -0.4 is 14.8 Å². The average Bonchev–Trinajstić information content (AvgIpc) is 3.70. The molecule has 0 amide bonds. The maximum absolute atomic E-state index is 13.3. The molecule has 7 heteroatoms. The number of Topliss-reactive ketones (excluding diaryl/α,β-unsaturated/α-hetero) is 1. The van der Waals surface area contributed by atoms with Crippen LogP contribution in [-0.2, 0) is 16.6 Å². The van der Waals surface area contributed by atoms with Crippen molar-refractivity contribution in [2.24, 2.45) is 0 Å². The van der Waals surface area contributed by atoms with Crippen molar-refractivity contribution in [1.82, 2.24) is 10.3 Å². The summed E-state index contributed by atoms with van der Waals surface area (Å²) in [6.45, 7) is 0.239. The van der Waals surface area contributed by atoms with Crippen LogP contribution in [0.15, 0.2) is 48.7 Å². The van der Waals surface area contributed by atoms with E-state index in [2.05, 4.69) is 16.4 Å². The van der Waals surface area contributed by atoms with E-state index in [0.717, 1.165) is 50.4 Å². The third-order valence-electron chi connectivity index (χ3n) is 6.57. The number of hydrogen-bond acceptors (Lipinski definition) is 6. The number of rotatable bonds is 8. The van der Waals surface area contributed by atoms with Gasteiger partial charge in [-0.05, 0) is 55.0 Å². The highest BCUT2D eigenvalue weighted by atomic mass is 35.5. The lowest BCUT2D eigenvalue weighted by molar-refractivity contribution is -0.120. The molecule has 2 fully saturated rings. The zero-order valence-electron chi connectivity index (χ0n) is 17.5. The molecule has 2 aliphatic carbocycles. The molecule has 2 saturated carbocycles. The number of fused-ring (bicyclic) bond motifs is 1. The molecule has 2 aromatic carbocycles. The molecule has 3 aliphatic rings. The van der Waals surface area contributed by atoms with Crippen LogP contribution in [0.2, 0.25) is 5.02 Å². The number of carbonyl (C=O) groups is 1. The number of halogens is 1. The third kappa shape index (κ3) is 3.70. The van der Waals surface area contributed by atoms with Crippen molar-refractivity contribution in [3.05, 3.63) is 74.7 Å². The summed E-state index contributed by atoms with van der Waals surface area (Å²) in [4.78, 5) is 19.1. The van der Waals surface area contributed by atoms with E-state index >= 15 is 0 Å². The molecule has 2 heterocycles. The first-order valence-corrected chi connectivity index (χ1v) is 12.2. The van der Waals surface area contributed by atoms with Gasteiger partial charge in [-0.25, -0.2) is 4.98 Å². The third-order valence-corrected chi connectivity index (χ3v) is 7.98. The van der Waals surface area contributed by atoms with Gasteiger partial charge in [-0.3, -0.25) is 4.79 Å². The molecule has 1 aliphatic heterocycles. The SMILES string of the molecule is O=C(Cc1ncc(C(NC2CC2)c2ccccc2Cl)s1)C1(c2ccc3c(c2)OCO3)CC1. The highest BCUT2D eigenvalue weighted by molar-refractivity contribution is 7.11. The summed E-state index contributed by atoms with van der Waals surface area (Å²) in [7, 11) is 0. The van der Waals surface area contributed by atoms with E-state index in [0.29, 0.717) is 12.5 Å². The normalized spacial score (nSPS) is 19.0. The van der Waals surface area contributed by atoms with Crippen LogP contribution in [0.1, 0.15) is 52.7 Å². The van der Waals surface area contributed by atoms with Gasteiger partial charge in [0.15, 0.2) is 11.5 Å². The maximum Gasteiger partial charge on any atom is 0.231 e. The van der Waals surface area contributed by atoms with Crippen LogP contribution in [0, 0.1) is 0 Å². The Balaban J connectivity index is 1.22. The second-order valence-electron chi connectivity index (χ2n) is 8.80. The van der Waals surface area contributed by atoms with Gasteiger partial charge >= 0.3 is 0 Å². The minimum Gasteiger partial charge on any atom is -0.454 e. The Labute approximate surface area is 195 Å². The zero-order valence-corrected chi connectivity index (χ0v) is 19.0. The molecule has 0 saturated heterocycles. The quantitative estimate of drug-likeness (QED) is 0.493. The van der Waals surface area contributed by atoms with Gasteiger partial charge < -0.3 is 14.8 Å². The second-order valence-corrected chi connectivity index (χ2v) is 10.4. The molecule has 6 rings (SSSR count). The van der Waals surface area contributed by atoms with Gasteiger partial charge in [0.2, 0.25) is 6.79 Å². The Morgan fingerprint density at radius 3 is 2.78 bits per heavy atom. The number of nitrogens with zero attached hydrogens (tertiary/aromatic N) is 1. The van der Waals surface area contributed by atoms with Crippen LogP contribution in [0.25, 0.3) is 0 Å². The molecule has 3 aromatic rings. The summed E-state index contributed by atoms with van der Waals surface area (Å²) in [6.07, 6.45) is 6.35. The Kier molecular flexibility index (Phi) is 4.97. The van der Waals surface area contributed by atoms with E-state index in [1.165, 1.54) is 12.8 Å². The van der Waals surface area contributed by atoms with Crippen LogP contribution in [0.5, 0.6) is 11.5 Å². The topological polar surface area (TPSA) is 60.5 Å². The van der Waals surface area contributed by atoms with E-state index in [1.54, 1.807) is 11.3 Å². The minimum atomic E-state index is -0.415. The average molecular weight is 467 g/mol. The first-order valence-electron chi connectivity index (χ1n) is 11.0. The van der Waals surface area contributed by atoms with Crippen LogP contribution in [-0.4, -0.2) is 23.6 Å².